The van der Waals surface area contributed by atoms with Gasteiger partial charge in [-0.15, -0.1) is 0 Å². The van der Waals surface area contributed by atoms with Crippen LogP contribution in [0.25, 0.3) is 10.9 Å². The third kappa shape index (κ3) is 1.30. The van der Waals surface area contributed by atoms with Gasteiger partial charge in [0.1, 0.15) is 5.82 Å². The lowest BCUT2D eigenvalue weighted by Gasteiger charge is -1.88. The van der Waals surface area contributed by atoms with E-state index in [2.05, 4.69) is 15.2 Å². The van der Waals surface area contributed by atoms with Crippen LogP contribution in [-0.4, -0.2) is 23.5 Å². The van der Waals surface area contributed by atoms with Crippen molar-refractivity contribution < 1.29 is 4.39 Å². The van der Waals surface area contributed by atoms with E-state index in [-0.39, 0.29) is 5.82 Å². The lowest BCUT2D eigenvalue weighted by molar-refractivity contribution is 0.629. The van der Waals surface area contributed by atoms with E-state index in [1.807, 2.05) is 0 Å². The molecule has 0 radical (unpaired) electrons. The second kappa shape index (κ2) is 2.97. The van der Waals surface area contributed by atoms with Crippen molar-refractivity contribution in [3.63, 3.8) is 0 Å². The highest BCUT2D eigenvalue weighted by atomic mass is 19.1. The molecule has 0 aliphatic rings. The van der Waals surface area contributed by atoms with E-state index in [1.54, 1.807) is 19.3 Å². The first-order valence-corrected chi connectivity index (χ1v) is 3.87. The summed E-state index contributed by atoms with van der Waals surface area (Å²) in [6, 6.07) is 4.48. The Kier molecular flexibility index (Phi) is 1.81. The molecule has 0 unspecified atom stereocenters. The van der Waals surface area contributed by atoms with Crippen LogP contribution in [0, 0.1) is 5.82 Å². The Hall–Kier alpha value is -1.71. The second-order valence-corrected chi connectivity index (χ2v) is 2.69. The van der Waals surface area contributed by atoms with Crippen molar-refractivity contribution in [1.82, 2.24) is 10.2 Å². The van der Waals surface area contributed by atoms with E-state index >= 15 is 0 Å². The van der Waals surface area contributed by atoms with E-state index in [0.29, 0.717) is 5.52 Å². The molecule has 0 aliphatic carbocycles. The first-order chi connectivity index (χ1) is 6.31. The summed E-state index contributed by atoms with van der Waals surface area (Å²) in [5.41, 5.74) is 1.42. The molecule has 0 spiro atoms. The smallest absolute Gasteiger partial charge is 0.125 e. The number of halogens is 1. The molecule has 3 nitrogen and oxygen atoms in total. The Labute approximate surface area is 74.3 Å². The summed E-state index contributed by atoms with van der Waals surface area (Å²) in [6.45, 7) is 0. The summed E-state index contributed by atoms with van der Waals surface area (Å²) in [7, 11) is 1.68. The van der Waals surface area contributed by atoms with Gasteiger partial charge in [0.25, 0.3) is 0 Å². The van der Waals surface area contributed by atoms with Gasteiger partial charge >= 0.3 is 0 Å². The summed E-state index contributed by atoms with van der Waals surface area (Å²) in [6.07, 6.45) is 1.66. The molecular formula is C9H8FN3. The normalized spacial score (nSPS) is 11.5. The van der Waals surface area contributed by atoms with Crippen LogP contribution in [-0.2, 0) is 0 Å². The van der Waals surface area contributed by atoms with E-state index in [0.717, 1.165) is 11.1 Å². The minimum absolute atomic E-state index is 0.279. The average Bonchev–Trinajstić information content (AvgIpc) is 2.49. The summed E-state index contributed by atoms with van der Waals surface area (Å²) in [5.74, 6) is -0.279. The van der Waals surface area contributed by atoms with Crippen LogP contribution in [0.3, 0.4) is 0 Å². The lowest BCUT2D eigenvalue weighted by Crippen LogP contribution is -1.80. The number of nitrogens with one attached hydrogen (secondary N) is 1. The molecule has 4 heteroatoms. The Morgan fingerprint density at radius 3 is 3.15 bits per heavy atom. The van der Waals surface area contributed by atoms with Gasteiger partial charge in [-0.25, -0.2) is 4.39 Å². The molecule has 0 saturated heterocycles. The fraction of sp³-hybridized carbons (Fsp3) is 0.111. The van der Waals surface area contributed by atoms with Crippen LogP contribution >= 0.6 is 0 Å². The number of hydrogen-bond acceptors (Lipinski definition) is 2. The zero-order valence-electron chi connectivity index (χ0n) is 7.08. The van der Waals surface area contributed by atoms with Crippen LogP contribution in [0.1, 0.15) is 5.69 Å². The molecule has 1 aromatic heterocycles. The number of fused-ring (bicyclic) bond motifs is 1. The molecule has 2 aromatic rings. The first-order valence-electron chi connectivity index (χ1n) is 3.87. The van der Waals surface area contributed by atoms with Gasteiger partial charge in [-0.3, -0.25) is 10.1 Å². The quantitative estimate of drug-likeness (QED) is 0.662. The standard InChI is InChI=1S/C9H8FN3/c1-11-5-9-7-3-2-6(10)4-8(7)12-13-9/h2-5H,1H3,(H,12,13). The molecule has 13 heavy (non-hydrogen) atoms. The van der Waals surface area contributed by atoms with Crippen molar-refractivity contribution in [2.45, 2.75) is 0 Å². The van der Waals surface area contributed by atoms with Gasteiger partial charge in [0.2, 0.25) is 0 Å². The van der Waals surface area contributed by atoms with Crippen molar-refractivity contribution in [3.05, 3.63) is 29.7 Å². The number of hydrogen-bond donors (Lipinski definition) is 1. The number of rotatable bonds is 1. The summed E-state index contributed by atoms with van der Waals surface area (Å²) in [4.78, 5) is 3.86. The van der Waals surface area contributed by atoms with Gasteiger partial charge in [0.05, 0.1) is 11.2 Å². The number of aromatic amines is 1. The van der Waals surface area contributed by atoms with E-state index in [1.165, 1.54) is 12.1 Å². The summed E-state index contributed by atoms with van der Waals surface area (Å²) < 4.78 is 12.7. The number of aromatic nitrogens is 2. The Balaban J connectivity index is 2.68. The number of aliphatic imine (C=N–C) groups is 1. The fourth-order valence-electron chi connectivity index (χ4n) is 1.23. The van der Waals surface area contributed by atoms with E-state index in [9.17, 15) is 4.39 Å². The van der Waals surface area contributed by atoms with Gasteiger partial charge in [0, 0.05) is 24.7 Å². The molecule has 1 heterocycles. The van der Waals surface area contributed by atoms with Crippen LogP contribution in [0.4, 0.5) is 4.39 Å². The lowest BCUT2D eigenvalue weighted by atomic mass is 10.2. The summed E-state index contributed by atoms with van der Waals surface area (Å²) >= 11 is 0. The third-order valence-electron chi connectivity index (χ3n) is 1.80. The minimum Gasteiger partial charge on any atom is -0.294 e. The van der Waals surface area contributed by atoms with Gasteiger partial charge in [-0.1, -0.05) is 0 Å². The Bertz CT molecular complexity index is 459. The average molecular weight is 177 g/mol. The SMILES string of the molecule is CN=Cc1[nH]nc2cc(F)ccc12. The van der Waals surface area contributed by atoms with Crippen LogP contribution in [0.2, 0.25) is 0 Å². The van der Waals surface area contributed by atoms with Gasteiger partial charge < -0.3 is 0 Å². The highest BCUT2D eigenvalue weighted by molar-refractivity contribution is 5.96. The fourth-order valence-corrected chi connectivity index (χ4v) is 1.23. The predicted octanol–water partition coefficient (Wildman–Crippen LogP) is 1.75. The van der Waals surface area contributed by atoms with Crippen molar-refractivity contribution >= 4 is 17.1 Å². The van der Waals surface area contributed by atoms with Crippen molar-refractivity contribution in [2.24, 2.45) is 4.99 Å². The van der Waals surface area contributed by atoms with Gasteiger partial charge in [0.15, 0.2) is 0 Å². The molecule has 2 rings (SSSR count). The predicted molar refractivity (Wildman–Crippen MR) is 49.6 cm³/mol. The second-order valence-electron chi connectivity index (χ2n) is 2.69. The molecule has 0 fully saturated rings. The molecule has 0 saturated carbocycles. The monoisotopic (exact) mass is 177 g/mol. The summed E-state index contributed by atoms with van der Waals surface area (Å²) in [5, 5.41) is 7.60. The maximum absolute atomic E-state index is 12.7. The van der Waals surface area contributed by atoms with Crippen molar-refractivity contribution in [3.8, 4) is 0 Å². The zero-order chi connectivity index (χ0) is 9.26. The molecular weight excluding hydrogens is 169 g/mol. The van der Waals surface area contributed by atoms with Gasteiger partial charge in [-0.2, -0.15) is 5.10 Å². The number of nitrogens with zero attached hydrogens (tertiary/aromatic N) is 2. The Morgan fingerprint density at radius 2 is 2.38 bits per heavy atom. The van der Waals surface area contributed by atoms with Crippen molar-refractivity contribution in [1.29, 1.82) is 0 Å². The highest BCUT2D eigenvalue weighted by Gasteiger charge is 2.02. The van der Waals surface area contributed by atoms with E-state index in [4.69, 9.17) is 0 Å². The van der Waals surface area contributed by atoms with Gasteiger partial charge in [-0.05, 0) is 12.1 Å². The molecule has 0 atom stereocenters. The Morgan fingerprint density at radius 1 is 1.54 bits per heavy atom. The third-order valence-corrected chi connectivity index (χ3v) is 1.80. The molecule has 1 N–H and O–H groups in total. The minimum atomic E-state index is -0.279. The largest absolute Gasteiger partial charge is 0.294 e. The van der Waals surface area contributed by atoms with Crippen molar-refractivity contribution in [2.75, 3.05) is 7.05 Å². The highest BCUT2D eigenvalue weighted by Crippen LogP contribution is 2.15. The molecule has 0 amide bonds. The first kappa shape index (κ1) is 7.91. The zero-order valence-corrected chi connectivity index (χ0v) is 7.08. The topological polar surface area (TPSA) is 41.0 Å². The van der Waals surface area contributed by atoms with Crippen LogP contribution in [0.5, 0.6) is 0 Å². The number of benzene rings is 1. The maximum Gasteiger partial charge on any atom is 0.125 e. The molecule has 0 bridgehead atoms. The molecule has 1 aromatic carbocycles. The number of H-pyrrole nitrogens is 1. The maximum atomic E-state index is 12.7. The molecule has 0 aliphatic heterocycles. The molecule has 66 valence electrons. The van der Waals surface area contributed by atoms with Crippen LogP contribution < -0.4 is 0 Å². The van der Waals surface area contributed by atoms with Crippen LogP contribution in [0.15, 0.2) is 23.2 Å². The van der Waals surface area contributed by atoms with E-state index < -0.39 is 0 Å².